The number of rotatable bonds is 10. The van der Waals surface area contributed by atoms with Crippen molar-refractivity contribution in [2.75, 3.05) is 20.2 Å². The Balaban J connectivity index is 1.24. The highest BCUT2D eigenvalue weighted by Crippen LogP contribution is 2.28. The van der Waals surface area contributed by atoms with Gasteiger partial charge in [-0.2, -0.15) is 4.98 Å². The number of aromatic nitrogens is 2. The molecule has 2 aromatic rings. The Hall–Kier alpha value is -4.08. The van der Waals surface area contributed by atoms with E-state index in [4.69, 9.17) is 9.26 Å². The second-order valence-electron chi connectivity index (χ2n) is 9.10. The average molecular weight is 477 g/mol. The van der Waals surface area contributed by atoms with Crippen molar-refractivity contribution in [3.05, 3.63) is 65.9 Å². The Morgan fingerprint density at radius 3 is 2.71 bits per heavy atom. The van der Waals surface area contributed by atoms with Gasteiger partial charge in [0.15, 0.2) is 5.82 Å². The Morgan fingerprint density at radius 1 is 1.14 bits per heavy atom. The summed E-state index contributed by atoms with van der Waals surface area (Å²) in [7, 11) is 1.61. The van der Waals surface area contributed by atoms with E-state index in [1.165, 1.54) is 0 Å². The highest BCUT2D eigenvalue weighted by atomic mass is 16.5. The van der Waals surface area contributed by atoms with E-state index < -0.39 is 5.92 Å². The van der Waals surface area contributed by atoms with Crippen LogP contribution in [0.4, 0.5) is 0 Å². The minimum absolute atomic E-state index is 0.104. The van der Waals surface area contributed by atoms with Gasteiger partial charge in [-0.05, 0) is 29.7 Å². The number of ether oxygens (including phenoxy) is 1. The van der Waals surface area contributed by atoms with Crippen LogP contribution in [0.25, 0.3) is 11.4 Å². The van der Waals surface area contributed by atoms with E-state index >= 15 is 0 Å². The predicted molar refractivity (Wildman–Crippen MR) is 128 cm³/mol. The van der Waals surface area contributed by atoms with Crippen LogP contribution in [0.2, 0.25) is 0 Å². The van der Waals surface area contributed by atoms with Gasteiger partial charge < -0.3 is 19.9 Å². The van der Waals surface area contributed by atoms with Gasteiger partial charge >= 0.3 is 0 Å². The van der Waals surface area contributed by atoms with E-state index in [0.717, 1.165) is 16.9 Å². The molecule has 2 heterocycles. The maximum absolute atomic E-state index is 12.4. The van der Waals surface area contributed by atoms with Crippen molar-refractivity contribution in [3.63, 3.8) is 0 Å². The quantitative estimate of drug-likeness (QED) is 0.537. The zero-order valence-electron chi connectivity index (χ0n) is 19.9. The molecule has 10 nitrogen and oxygen atoms in total. The summed E-state index contributed by atoms with van der Waals surface area (Å²) >= 11 is 0. The lowest BCUT2D eigenvalue weighted by Gasteiger charge is -2.27. The van der Waals surface area contributed by atoms with Crippen LogP contribution in [0.5, 0.6) is 5.75 Å². The minimum Gasteiger partial charge on any atom is -0.497 e. The van der Waals surface area contributed by atoms with Gasteiger partial charge in [-0.3, -0.25) is 9.59 Å². The Labute approximate surface area is 203 Å². The van der Waals surface area contributed by atoms with Crippen LogP contribution in [0, 0.1) is 11.3 Å². The molecule has 35 heavy (non-hydrogen) atoms. The molecule has 1 aromatic carbocycles. The van der Waals surface area contributed by atoms with Gasteiger partial charge in [-0.25, -0.2) is 0 Å². The summed E-state index contributed by atoms with van der Waals surface area (Å²) in [5, 5.41) is 18.0. The third-order valence-electron chi connectivity index (χ3n) is 5.69. The second kappa shape index (κ2) is 10.5. The lowest BCUT2D eigenvalue weighted by Crippen LogP contribution is -2.40. The molecule has 1 aromatic heterocycles. The number of allylic oxidation sites excluding steroid dienone is 3. The molecule has 0 saturated carbocycles. The van der Waals surface area contributed by atoms with Crippen molar-refractivity contribution >= 4 is 11.8 Å². The number of hydrogen-bond acceptors (Lipinski definition) is 8. The van der Waals surface area contributed by atoms with Crippen molar-refractivity contribution in [1.82, 2.24) is 20.8 Å². The van der Waals surface area contributed by atoms with E-state index in [1.807, 2.05) is 62.4 Å². The van der Waals surface area contributed by atoms with Gasteiger partial charge in [0, 0.05) is 37.1 Å². The van der Waals surface area contributed by atoms with Crippen LogP contribution in [0.1, 0.15) is 26.2 Å². The van der Waals surface area contributed by atoms with Gasteiger partial charge in [0.05, 0.1) is 13.0 Å². The van der Waals surface area contributed by atoms with Crippen LogP contribution in [0.15, 0.2) is 74.7 Å². The van der Waals surface area contributed by atoms with Gasteiger partial charge in [0.25, 0.3) is 5.91 Å². The number of azo groups is 1. The summed E-state index contributed by atoms with van der Waals surface area (Å²) in [6.45, 7) is 5.06. The number of nitrogens with zero attached hydrogens (tertiary/aromatic N) is 4. The number of amides is 2. The summed E-state index contributed by atoms with van der Waals surface area (Å²) in [5.74, 6) is 1.44. The number of fused-ring (bicyclic) bond motifs is 1. The van der Waals surface area contributed by atoms with Crippen molar-refractivity contribution in [1.29, 1.82) is 0 Å². The third kappa shape index (κ3) is 6.08. The third-order valence-corrected chi connectivity index (χ3v) is 5.69. The number of carbonyl (C=O) groups is 2. The predicted octanol–water partition coefficient (Wildman–Crippen LogP) is 3.36. The summed E-state index contributed by atoms with van der Waals surface area (Å²) in [4.78, 5) is 28.7. The Morgan fingerprint density at radius 2 is 1.94 bits per heavy atom. The molecule has 0 saturated heterocycles. The number of aryl methyl sites for hydroxylation is 1. The van der Waals surface area contributed by atoms with Crippen LogP contribution in [0.3, 0.4) is 0 Å². The molecule has 0 fully saturated rings. The molecule has 4 rings (SSSR count). The highest BCUT2D eigenvalue weighted by Gasteiger charge is 2.28. The molecular formula is C25H28N6O4. The van der Waals surface area contributed by atoms with E-state index in [9.17, 15) is 9.59 Å². The maximum Gasteiger partial charge on any atom is 0.276 e. The zero-order chi connectivity index (χ0) is 24.8. The Bertz CT molecular complexity index is 1210. The van der Waals surface area contributed by atoms with Crippen molar-refractivity contribution in [3.8, 4) is 17.1 Å². The number of hydrogen-bond donors (Lipinski definition) is 2. The van der Waals surface area contributed by atoms with Gasteiger partial charge in [0.2, 0.25) is 17.6 Å². The average Bonchev–Trinajstić information content (AvgIpc) is 3.35. The van der Waals surface area contributed by atoms with Crippen LogP contribution in [-0.4, -0.2) is 42.2 Å². The standard InChI is InChI=1S/C25H28N6O4/c1-25(2,15-27-23-18-6-4-5-7-19(18)24(33)30-29-23)14-26-20(32)12-13-21-28-22(31-35-21)16-8-10-17(34-3)11-9-16/h4-11,19,27H,12-15H2,1-3H3,(H,26,32). The fourth-order valence-corrected chi connectivity index (χ4v) is 3.59. The first-order valence-electron chi connectivity index (χ1n) is 11.4. The van der Waals surface area contributed by atoms with Gasteiger partial charge in [0.1, 0.15) is 5.75 Å². The first-order valence-corrected chi connectivity index (χ1v) is 11.4. The SMILES string of the molecule is COc1ccc(-c2noc(CCC(=O)NCC(C)(C)CNC3=C4C=CC=CC4C(=O)N=N3)n2)cc1. The minimum atomic E-state index is -0.391. The smallest absolute Gasteiger partial charge is 0.276 e. The highest BCUT2D eigenvalue weighted by molar-refractivity contribution is 5.86. The summed E-state index contributed by atoms with van der Waals surface area (Å²) in [6.07, 6.45) is 7.97. The summed E-state index contributed by atoms with van der Waals surface area (Å²) in [6, 6.07) is 7.34. The molecule has 2 N–H and O–H groups in total. The molecule has 10 heteroatoms. The largest absolute Gasteiger partial charge is 0.497 e. The second-order valence-corrected chi connectivity index (χ2v) is 9.10. The molecule has 1 aliphatic heterocycles. The first kappa shape index (κ1) is 24.1. The van der Waals surface area contributed by atoms with Crippen LogP contribution >= 0.6 is 0 Å². The number of carbonyl (C=O) groups excluding carboxylic acids is 2. The molecule has 1 atom stereocenters. The monoisotopic (exact) mass is 476 g/mol. The molecule has 0 bridgehead atoms. The number of nitrogens with one attached hydrogen (secondary N) is 2. The normalized spacial score (nSPS) is 16.9. The zero-order valence-corrected chi connectivity index (χ0v) is 19.9. The number of benzene rings is 1. The van der Waals surface area contributed by atoms with Gasteiger partial charge in [-0.15, -0.1) is 10.2 Å². The molecule has 2 aliphatic rings. The topological polar surface area (TPSA) is 131 Å². The lowest BCUT2D eigenvalue weighted by molar-refractivity contribution is -0.122. The van der Waals surface area contributed by atoms with Crippen LogP contribution < -0.4 is 15.4 Å². The molecule has 2 amide bonds. The molecular weight excluding hydrogens is 448 g/mol. The van der Waals surface area contributed by atoms with E-state index in [2.05, 4.69) is 31.0 Å². The van der Waals surface area contributed by atoms with E-state index in [0.29, 0.717) is 37.0 Å². The van der Waals surface area contributed by atoms with Crippen molar-refractivity contribution < 1.29 is 18.8 Å². The lowest BCUT2D eigenvalue weighted by atomic mass is 9.91. The fourth-order valence-electron chi connectivity index (χ4n) is 3.59. The molecule has 1 aliphatic carbocycles. The first-order chi connectivity index (χ1) is 16.8. The summed E-state index contributed by atoms with van der Waals surface area (Å²) < 4.78 is 10.4. The number of methoxy groups -OCH3 is 1. The van der Waals surface area contributed by atoms with Gasteiger partial charge in [-0.1, -0.05) is 43.3 Å². The van der Waals surface area contributed by atoms with E-state index in [1.54, 1.807) is 7.11 Å². The van der Waals surface area contributed by atoms with Crippen molar-refractivity contribution in [2.24, 2.45) is 21.6 Å². The maximum atomic E-state index is 12.4. The van der Waals surface area contributed by atoms with E-state index in [-0.39, 0.29) is 23.7 Å². The summed E-state index contributed by atoms with van der Waals surface area (Å²) in [5.41, 5.74) is 1.35. The molecule has 0 radical (unpaired) electrons. The Kier molecular flexibility index (Phi) is 7.19. The van der Waals surface area contributed by atoms with Crippen LogP contribution in [-0.2, 0) is 16.0 Å². The van der Waals surface area contributed by atoms with Crippen molar-refractivity contribution in [2.45, 2.75) is 26.7 Å². The molecule has 1 unspecified atom stereocenters. The molecule has 0 spiro atoms. The fraction of sp³-hybridized carbons (Fsp3) is 0.360. The molecule has 182 valence electrons.